The van der Waals surface area contributed by atoms with Crippen LogP contribution in [0.3, 0.4) is 0 Å². The molecule has 0 aliphatic carbocycles. The van der Waals surface area contributed by atoms with Crippen molar-refractivity contribution < 1.29 is 19.0 Å². The highest BCUT2D eigenvalue weighted by molar-refractivity contribution is 5.81. The summed E-state index contributed by atoms with van der Waals surface area (Å²) < 4.78 is 17.2. The van der Waals surface area contributed by atoms with Crippen LogP contribution in [0.15, 0.2) is 30.9 Å². The van der Waals surface area contributed by atoms with Gasteiger partial charge in [-0.2, -0.15) is 0 Å². The molecule has 2 rings (SSSR count). The van der Waals surface area contributed by atoms with Crippen LogP contribution in [-0.2, 0) is 6.42 Å². The SMILES string of the molecule is COc1cc(CC(=O)n2ccnc2)cc(OC)c1OC. The Labute approximate surface area is 116 Å². The second-order valence-electron chi connectivity index (χ2n) is 4.07. The summed E-state index contributed by atoms with van der Waals surface area (Å²) >= 11 is 0. The van der Waals surface area contributed by atoms with Crippen molar-refractivity contribution in [2.45, 2.75) is 6.42 Å². The average molecular weight is 276 g/mol. The number of carbonyl (C=O) groups is 1. The van der Waals surface area contributed by atoms with E-state index < -0.39 is 0 Å². The van der Waals surface area contributed by atoms with Crippen LogP contribution in [0.25, 0.3) is 0 Å². The zero-order valence-corrected chi connectivity index (χ0v) is 11.6. The van der Waals surface area contributed by atoms with Gasteiger partial charge in [0.15, 0.2) is 11.5 Å². The molecule has 0 amide bonds. The fourth-order valence-electron chi connectivity index (χ4n) is 1.91. The fourth-order valence-corrected chi connectivity index (χ4v) is 1.91. The van der Waals surface area contributed by atoms with Crippen LogP contribution in [0.5, 0.6) is 17.2 Å². The lowest BCUT2D eigenvalue weighted by Gasteiger charge is -2.13. The van der Waals surface area contributed by atoms with Gasteiger partial charge in [-0.1, -0.05) is 0 Å². The van der Waals surface area contributed by atoms with Crippen molar-refractivity contribution >= 4 is 5.91 Å². The minimum Gasteiger partial charge on any atom is -0.493 e. The highest BCUT2D eigenvalue weighted by atomic mass is 16.5. The maximum absolute atomic E-state index is 12.0. The summed E-state index contributed by atoms with van der Waals surface area (Å²) in [4.78, 5) is 15.9. The highest BCUT2D eigenvalue weighted by Gasteiger charge is 2.15. The van der Waals surface area contributed by atoms with Crippen molar-refractivity contribution in [3.63, 3.8) is 0 Å². The average Bonchev–Trinajstić information content (AvgIpc) is 3.00. The number of imidazole rings is 1. The molecule has 0 radical (unpaired) electrons. The number of rotatable bonds is 5. The van der Waals surface area contributed by atoms with Gasteiger partial charge >= 0.3 is 0 Å². The first-order valence-corrected chi connectivity index (χ1v) is 5.99. The Hall–Kier alpha value is -2.50. The topological polar surface area (TPSA) is 62.6 Å². The predicted molar refractivity (Wildman–Crippen MR) is 72.7 cm³/mol. The molecule has 1 aromatic carbocycles. The van der Waals surface area contributed by atoms with E-state index in [0.29, 0.717) is 17.2 Å². The van der Waals surface area contributed by atoms with E-state index in [9.17, 15) is 4.79 Å². The van der Waals surface area contributed by atoms with Crippen molar-refractivity contribution in [3.05, 3.63) is 36.4 Å². The van der Waals surface area contributed by atoms with Gasteiger partial charge in [-0.25, -0.2) is 4.98 Å². The molecule has 0 bridgehead atoms. The van der Waals surface area contributed by atoms with E-state index in [2.05, 4.69) is 4.98 Å². The van der Waals surface area contributed by atoms with Gasteiger partial charge in [-0.3, -0.25) is 9.36 Å². The lowest BCUT2D eigenvalue weighted by Crippen LogP contribution is -2.11. The van der Waals surface area contributed by atoms with Gasteiger partial charge in [0.2, 0.25) is 11.7 Å². The number of benzene rings is 1. The van der Waals surface area contributed by atoms with Crippen molar-refractivity contribution in [3.8, 4) is 17.2 Å². The first-order valence-electron chi connectivity index (χ1n) is 5.99. The summed E-state index contributed by atoms with van der Waals surface area (Å²) in [6, 6.07) is 3.52. The van der Waals surface area contributed by atoms with E-state index in [0.717, 1.165) is 5.56 Å². The molecular formula is C14H16N2O4. The third-order valence-corrected chi connectivity index (χ3v) is 2.87. The number of methoxy groups -OCH3 is 3. The maximum Gasteiger partial charge on any atom is 0.236 e. The van der Waals surface area contributed by atoms with Crippen LogP contribution in [-0.4, -0.2) is 36.8 Å². The summed E-state index contributed by atoms with van der Waals surface area (Å²) in [5, 5.41) is 0. The minimum absolute atomic E-state index is 0.0863. The summed E-state index contributed by atoms with van der Waals surface area (Å²) in [6.45, 7) is 0. The number of carbonyl (C=O) groups excluding carboxylic acids is 1. The molecule has 106 valence electrons. The second-order valence-corrected chi connectivity index (χ2v) is 4.07. The summed E-state index contributed by atoms with van der Waals surface area (Å²) in [5.74, 6) is 1.48. The quantitative estimate of drug-likeness (QED) is 0.833. The Bertz CT molecular complexity index is 568. The summed E-state index contributed by atoms with van der Waals surface area (Å²) in [7, 11) is 4.62. The lowest BCUT2D eigenvalue weighted by molar-refractivity contribution is 0.0914. The molecule has 6 nitrogen and oxygen atoms in total. The zero-order chi connectivity index (χ0) is 14.5. The van der Waals surface area contributed by atoms with Crippen LogP contribution >= 0.6 is 0 Å². The van der Waals surface area contributed by atoms with Gasteiger partial charge < -0.3 is 14.2 Å². The number of ether oxygens (including phenoxy) is 3. The second kappa shape index (κ2) is 6.10. The Morgan fingerprint density at radius 1 is 1.15 bits per heavy atom. The Balaban J connectivity index is 2.30. The number of nitrogens with zero attached hydrogens (tertiary/aromatic N) is 2. The Morgan fingerprint density at radius 3 is 2.25 bits per heavy atom. The van der Waals surface area contributed by atoms with Crippen LogP contribution in [0.2, 0.25) is 0 Å². The summed E-state index contributed by atoms with van der Waals surface area (Å²) in [5.41, 5.74) is 0.776. The molecule has 0 atom stereocenters. The van der Waals surface area contributed by atoms with Gasteiger partial charge in [-0.05, 0) is 17.7 Å². The molecule has 0 aliphatic rings. The van der Waals surface area contributed by atoms with E-state index in [1.165, 1.54) is 18.0 Å². The van der Waals surface area contributed by atoms with Crippen LogP contribution in [0.1, 0.15) is 10.4 Å². The van der Waals surface area contributed by atoms with Gasteiger partial charge in [0.25, 0.3) is 0 Å². The normalized spacial score (nSPS) is 10.2. The Morgan fingerprint density at radius 2 is 1.80 bits per heavy atom. The standard InChI is InChI=1S/C14H16N2O4/c1-18-11-6-10(7-12(19-2)14(11)20-3)8-13(17)16-5-4-15-9-16/h4-7,9H,8H2,1-3H3. The molecule has 20 heavy (non-hydrogen) atoms. The summed E-state index contributed by atoms with van der Waals surface area (Å²) in [6.07, 6.45) is 4.86. The van der Waals surface area contributed by atoms with Crippen LogP contribution in [0.4, 0.5) is 0 Å². The van der Waals surface area contributed by atoms with Crippen molar-refractivity contribution in [2.75, 3.05) is 21.3 Å². The van der Waals surface area contributed by atoms with Gasteiger partial charge in [0, 0.05) is 12.4 Å². The minimum atomic E-state index is -0.0863. The Kier molecular flexibility index (Phi) is 4.24. The molecule has 0 spiro atoms. The van der Waals surface area contributed by atoms with E-state index in [-0.39, 0.29) is 12.3 Å². The van der Waals surface area contributed by atoms with E-state index in [1.54, 1.807) is 38.7 Å². The first kappa shape index (κ1) is 13.9. The van der Waals surface area contributed by atoms with Crippen molar-refractivity contribution in [1.29, 1.82) is 0 Å². The smallest absolute Gasteiger partial charge is 0.236 e. The fraction of sp³-hybridized carbons (Fsp3) is 0.286. The number of hydrogen-bond acceptors (Lipinski definition) is 5. The zero-order valence-electron chi connectivity index (χ0n) is 11.6. The monoisotopic (exact) mass is 276 g/mol. The molecule has 1 heterocycles. The third-order valence-electron chi connectivity index (χ3n) is 2.87. The molecule has 0 unspecified atom stereocenters. The van der Waals surface area contributed by atoms with Gasteiger partial charge in [-0.15, -0.1) is 0 Å². The lowest BCUT2D eigenvalue weighted by atomic mass is 10.1. The van der Waals surface area contributed by atoms with Gasteiger partial charge in [0.05, 0.1) is 27.8 Å². The highest BCUT2D eigenvalue weighted by Crippen LogP contribution is 2.38. The number of hydrogen-bond donors (Lipinski definition) is 0. The van der Waals surface area contributed by atoms with Crippen LogP contribution < -0.4 is 14.2 Å². The van der Waals surface area contributed by atoms with Crippen molar-refractivity contribution in [2.24, 2.45) is 0 Å². The molecule has 0 fully saturated rings. The molecule has 6 heteroatoms. The van der Waals surface area contributed by atoms with Gasteiger partial charge in [0.1, 0.15) is 6.33 Å². The largest absolute Gasteiger partial charge is 0.493 e. The van der Waals surface area contributed by atoms with E-state index in [4.69, 9.17) is 14.2 Å². The molecule has 1 aromatic heterocycles. The third kappa shape index (κ3) is 2.74. The van der Waals surface area contributed by atoms with Crippen molar-refractivity contribution in [1.82, 2.24) is 9.55 Å². The molecule has 0 N–H and O–H groups in total. The van der Waals surface area contributed by atoms with E-state index >= 15 is 0 Å². The van der Waals surface area contributed by atoms with Crippen LogP contribution in [0, 0.1) is 0 Å². The maximum atomic E-state index is 12.0. The molecular weight excluding hydrogens is 260 g/mol. The first-order chi connectivity index (χ1) is 9.69. The predicted octanol–water partition coefficient (Wildman–Crippen LogP) is 1.79. The molecule has 2 aromatic rings. The molecule has 0 aliphatic heterocycles. The molecule has 0 saturated heterocycles. The van der Waals surface area contributed by atoms with E-state index in [1.807, 2.05) is 0 Å². The number of aromatic nitrogens is 2. The molecule has 0 saturated carbocycles.